The molecule has 0 aliphatic carbocycles. The molecule has 296 valence electrons. The Bertz CT molecular complexity index is 829. The fourth-order valence-electron chi connectivity index (χ4n) is 6.40. The van der Waals surface area contributed by atoms with Gasteiger partial charge in [-0.3, -0.25) is 9.32 Å². The average molecular weight is 728 g/mol. The number of rotatable bonds is 39. The van der Waals surface area contributed by atoms with Gasteiger partial charge >= 0.3 is 7.82 Å². The van der Waals surface area contributed by atoms with Crippen LogP contribution in [-0.4, -0.2) is 39.6 Å². The van der Waals surface area contributed by atoms with E-state index < -0.39 is 26.6 Å². The zero-order valence-corrected chi connectivity index (χ0v) is 33.7. The molecule has 8 heteroatoms. The number of hydrogen-bond acceptors (Lipinski definition) is 4. The Labute approximate surface area is 309 Å². The fraction of sp³-hybridized carbons (Fsp3) is 0.881. The quantitative estimate of drug-likeness (QED) is 0.0284. The molecule has 0 aromatic heterocycles. The molecule has 0 saturated carbocycles. The maximum atomic E-state index is 12.6. The van der Waals surface area contributed by atoms with E-state index in [1.807, 2.05) is 6.08 Å². The summed E-state index contributed by atoms with van der Waals surface area (Å²) in [4.78, 5) is 30.9. The highest BCUT2D eigenvalue weighted by molar-refractivity contribution is 7.46. The molecule has 0 heterocycles. The van der Waals surface area contributed by atoms with Gasteiger partial charge in [-0.05, 0) is 44.9 Å². The topological polar surface area (TPSA) is 116 Å². The number of amides is 1. The summed E-state index contributed by atoms with van der Waals surface area (Å²) >= 11 is 0. The molecule has 0 radical (unpaired) electrons. The molecule has 7 nitrogen and oxygen atoms in total. The van der Waals surface area contributed by atoms with Gasteiger partial charge in [-0.1, -0.05) is 192 Å². The number of phosphoric acid groups is 1. The van der Waals surface area contributed by atoms with E-state index in [4.69, 9.17) is 9.79 Å². The van der Waals surface area contributed by atoms with Crippen LogP contribution in [0.25, 0.3) is 0 Å². The number of phosphoric ester groups is 1. The first-order valence-corrected chi connectivity index (χ1v) is 22.8. The van der Waals surface area contributed by atoms with Crippen molar-refractivity contribution in [2.75, 3.05) is 6.61 Å². The van der Waals surface area contributed by atoms with E-state index in [9.17, 15) is 14.5 Å². The molecule has 0 fully saturated rings. The molecule has 0 saturated heterocycles. The number of carbonyl (C=O) groups is 1. The molecule has 0 aromatic carbocycles. The molecule has 50 heavy (non-hydrogen) atoms. The number of carbonyl (C=O) groups excluding carboxylic acids is 1. The molecule has 1 amide bonds. The molecule has 0 unspecified atom stereocenters. The second-order valence-corrected chi connectivity index (χ2v) is 15.9. The van der Waals surface area contributed by atoms with E-state index in [2.05, 4.69) is 35.8 Å². The highest BCUT2D eigenvalue weighted by Crippen LogP contribution is 2.35. The maximum absolute atomic E-state index is 12.6. The standard InChI is InChI=1S/C42H82NO6P/c1-3-5-7-9-11-13-15-17-18-19-20-21-22-23-24-26-28-30-32-34-36-38-42(45)43-40(39-49-50(46,47)48)41(44)37-35-33-31-29-27-25-16-14-12-10-8-6-4-2/h17-18,35,37,40-41,44H,3-16,19-34,36,38-39H2,1-2H3,(H,43,45)(H2,46,47,48)/b18-17+,37-35+/t40-,41+/m0/s1. The van der Waals surface area contributed by atoms with Crippen LogP contribution >= 0.6 is 7.82 Å². The Morgan fingerprint density at radius 1 is 0.560 bits per heavy atom. The van der Waals surface area contributed by atoms with Crippen LogP contribution in [0.2, 0.25) is 0 Å². The summed E-state index contributed by atoms with van der Waals surface area (Å²) in [5, 5.41) is 13.4. The van der Waals surface area contributed by atoms with E-state index in [1.165, 1.54) is 161 Å². The zero-order chi connectivity index (χ0) is 36.8. The minimum Gasteiger partial charge on any atom is -0.387 e. The number of hydrogen-bond donors (Lipinski definition) is 4. The summed E-state index contributed by atoms with van der Waals surface area (Å²) < 4.78 is 15.9. The van der Waals surface area contributed by atoms with Crippen LogP contribution in [0.3, 0.4) is 0 Å². The first-order valence-electron chi connectivity index (χ1n) is 21.3. The maximum Gasteiger partial charge on any atom is 0.469 e. The van der Waals surface area contributed by atoms with Crippen LogP contribution in [0.4, 0.5) is 0 Å². The van der Waals surface area contributed by atoms with Gasteiger partial charge in [-0.25, -0.2) is 4.57 Å². The predicted molar refractivity (Wildman–Crippen MR) is 213 cm³/mol. The van der Waals surface area contributed by atoms with Crippen molar-refractivity contribution < 1.29 is 28.8 Å². The Morgan fingerprint density at radius 2 is 0.900 bits per heavy atom. The highest BCUT2D eigenvalue weighted by Gasteiger charge is 2.24. The van der Waals surface area contributed by atoms with Gasteiger partial charge in [0.1, 0.15) is 0 Å². The first kappa shape index (κ1) is 49.0. The predicted octanol–water partition coefficient (Wildman–Crippen LogP) is 12.6. The SMILES string of the molecule is CCCCCCCC/C=C/CCCCCCCCCCCCCC(=O)N[C@@H](COP(=O)(O)O)[C@H](O)/C=C/CCCCCCCCCCCCC. The van der Waals surface area contributed by atoms with Crippen molar-refractivity contribution in [1.29, 1.82) is 0 Å². The van der Waals surface area contributed by atoms with Crippen molar-refractivity contribution in [3.8, 4) is 0 Å². The van der Waals surface area contributed by atoms with Crippen LogP contribution in [0.5, 0.6) is 0 Å². The summed E-state index contributed by atoms with van der Waals surface area (Å²) in [5.41, 5.74) is 0. The Hall–Kier alpha value is -0.980. The minimum absolute atomic E-state index is 0.226. The lowest BCUT2D eigenvalue weighted by molar-refractivity contribution is -0.123. The number of allylic oxidation sites excluding steroid dienone is 3. The van der Waals surface area contributed by atoms with Gasteiger partial charge in [0.05, 0.1) is 18.8 Å². The van der Waals surface area contributed by atoms with Crippen LogP contribution in [-0.2, 0) is 13.9 Å². The van der Waals surface area contributed by atoms with Crippen molar-refractivity contribution in [1.82, 2.24) is 5.32 Å². The van der Waals surface area contributed by atoms with Crippen LogP contribution in [0, 0.1) is 0 Å². The third-order valence-corrected chi connectivity index (χ3v) is 10.1. The molecular weight excluding hydrogens is 645 g/mol. The van der Waals surface area contributed by atoms with Crippen LogP contribution in [0.15, 0.2) is 24.3 Å². The van der Waals surface area contributed by atoms with E-state index in [0.717, 1.165) is 38.5 Å². The van der Waals surface area contributed by atoms with Crippen molar-refractivity contribution in [3.05, 3.63) is 24.3 Å². The number of aliphatic hydroxyl groups excluding tert-OH is 1. The fourth-order valence-corrected chi connectivity index (χ4v) is 6.75. The van der Waals surface area contributed by atoms with E-state index in [1.54, 1.807) is 6.08 Å². The third-order valence-electron chi connectivity index (χ3n) is 9.65. The third kappa shape index (κ3) is 38.3. The summed E-state index contributed by atoms with van der Waals surface area (Å²) in [6.45, 7) is 4.07. The monoisotopic (exact) mass is 728 g/mol. The molecular formula is C42H82NO6P. The van der Waals surface area contributed by atoms with E-state index >= 15 is 0 Å². The molecule has 4 N–H and O–H groups in total. The van der Waals surface area contributed by atoms with Crippen molar-refractivity contribution in [2.45, 2.75) is 231 Å². The molecule has 0 aromatic rings. The number of aliphatic hydroxyl groups is 1. The number of nitrogens with one attached hydrogen (secondary N) is 1. The Balaban J connectivity index is 3.91. The van der Waals surface area contributed by atoms with Crippen molar-refractivity contribution >= 4 is 13.7 Å². The van der Waals surface area contributed by atoms with Crippen molar-refractivity contribution in [2.24, 2.45) is 0 Å². The van der Waals surface area contributed by atoms with Gasteiger partial charge in [0.25, 0.3) is 0 Å². The van der Waals surface area contributed by atoms with Gasteiger partial charge in [0.15, 0.2) is 0 Å². The van der Waals surface area contributed by atoms with E-state index in [-0.39, 0.29) is 5.91 Å². The molecule has 0 aliphatic rings. The minimum atomic E-state index is -4.71. The largest absolute Gasteiger partial charge is 0.469 e. The van der Waals surface area contributed by atoms with Gasteiger partial charge in [0.2, 0.25) is 5.91 Å². The van der Waals surface area contributed by atoms with E-state index in [0.29, 0.717) is 6.42 Å². The average Bonchev–Trinajstić information content (AvgIpc) is 3.08. The van der Waals surface area contributed by atoms with Gasteiger partial charge in [-0.15, -0.1) is 0 Å². The lowest BCUT2D eigenvalue weighted by Crippen LogP contribution is -2.45. The second-order valence-electron chi connectivity index (χ2n) is 14.7. The van der Waals surface area contributed by atoms with Crippen molar-refractivity contribution in [3.63, 3.8) is 0 Å². The lowest BCUT2D eigenvalue weighted by Gasteiger charge is -2.22. The summed E-state index contributed by atoms with van der Waals surface area (Å²) in [5.74, 6) is -0.226. The summed E-state index contributed by atoms with van der Waals surface area (Å²) in [7, 11) is -4.71. The normalized spacial score (nSPS) is 13.5. The molecule has 0 bridgehead atoms. The van der Waals surface area contributed by atoms with Crippen LogP contribution < -0.4 is 5.32 Å². The molecule has 0 aliphatic heterocycles. The number of unbranched alkanes of at least 4 members (excludes halogenated alkanes) is 28. The second kappa shape index (κ2) is 37.8. The summed E-state index contributed by atoms with van der Waals surface area (Å²) in [6, 6.07) is -0.907. The summed E-state index contributed by atoms with van der Waals surface area (Å²) in [6.07, 6.45) is 46.3. The smallest absolute Gasteiger partial charge is 0.387 e. The first-order chi connectivity index (χ1) is 24.3. The highest BCUT2D eigenvalue weighted by atomic mass is 31.2. The zero-order valence-electron chi connectivity index (χ0n) is 32.8. The molecule has 0 rings (SSSR count). The molecule has 0 spiro atoms. The van der Waals surface area contributed by atoms with Gasteiger partial charge in [0, 0.05) is 6.42 Å². The Morgan fingerprint density at radius 3 is 1.28 bits per heavy atom. The van der Waals surface area contributed by atoms with Crippen LogP contribution in [0.1, 0.15) is 219 Å². The lowest BCUT2D eigenvalue weighted by atomic mass is 10.0. The molecule has 2 atom stereocenters. The van der Waals surface area contributed by atoms with Gasteiger partial charge in [-0.2, -0.15) is 0 Å². The van der Waals surface area contributed by atoms with Gasteiger partial charge < -0.3 is 20.2 Å². The Kier molecular flexibility index (Phi) is 37.0.